The van der Waals surface area contributed by atoms with Crippen molar-refractivity contribution >= 4 is 5.84 Å². The van der Waals surface area contributed by atoms with Crippen LogP contribution in [0.3, 0.4) is 0 Å². The largest absolute Gasteiger partial charge is 0.387 e. The molecule has 2 saturated heterocycles. The minimum atomic E-state index is -0.122. The third-order valence-corrected chi connectivity index (χ3v) is 5.16. The zero-order valence-electron chi connectivity index (χ0n) is 13.3. The first-order chi connectivity index (χ1) is 9.49. The molecule has 0 bridgehead atoms. The van der Waals surface area contributed by atoms with Crippen molar-refractivity contribution in [2.75, 3.05) is 32.7 Å². The second-order valence-electron chi connectivity index (χ2n) is 7.24. The van der Waals surface area contributed by atoms with Crippen LogP contribution in [0.5, 0.6) is 0 Å². The van der Waals surface area contributed by atoms with Gasteiger partial charge in [0.25, 0.3) is 0 Å². The number of nitrogens with one attached hydrogen (secondary N) is 1. The quantitative estimate of drug-likeness (QED) is 0.427. The smallest absolute Gasteiger partial charge is 0.0963 e. The first-order valence-corrected chi connectivity index (χ1v) is 8.30. The van der Waals surface area contributed by atoms with E-state index < -0.39 is 0 Å². The molecule has 1 atom stereocenters. The van der Waals surface area contributed by atoms with Crippen molar-refractivity contribution in [3.8, 4) is 0 Å². The van der Waals surface area contributed by atoms with Gasteiger partial charge in [-0.1, -0.05) is 20.3 Å². The number of amidine groups is 1. The van der Waals surface area contributed by atoms with E-state index in [1.165, 1.54) is 64.8 Å². The lowest BCUT2D eigenvalue weighted by molar-refractivity contribution is 0.230. The highest BCUT2D eigenvalue weighted by Gasteiger charge is 2.29. The van der Waals surface area contributed by atoms with Crippen molar-refractivity contribution in [2.24, 2.45) is 11.1 Å². The molecule has 0 aromatic heterocycles. The van der Waals surface area contributed by atoms with Gasteiger partial charge in [0.1, 0.15) is 0 Å². The van der Waals surface area contributed by atoms with Crippen molar-refractivity contribution in [3.63, 3.8) is 0 Å². The molecule has 0 radical (unpaired) electrons. The molecule has 0 aromatic carbocycles. The van der Waals surface area contributed by atoms with Gasteiger partial charge in [0.15, 0.2) is 0 Å². The van der Waals surface area contributed by atoms with E-state index in [2.05, 4.69) is 23.6 Å². The molecule has 2 heterocycles. The van der Waals surface area contributed by atoms with E-state index in [-0.39, 0.29) is 5.41 Å². The Balaban J connectivity index is 1.60. The Kier molecular flexibility index (Phi) is 5.44. The molecular weight excluding hydrogens is 248 g/mol. The van der Waals surface area contributed by atoms with E-state index in [0.717, 1.165) is 12.5 Å². The van der Waals surface area contributed by atoms with E-state index in [1.54, 1.807) is 0 Å². The van der Waals surface area contributed by atoms with Crippen molar-refractivity contribution < 1.29 is 0 Å². The van der Waals surface area contributed by atoms with Gasteiger partial charge in [-0.3, -0.25) is 10.3 Å². The summed E-state index contributed by atoms with van der Waals surface area (Å²) >= 11 is 0. The van der Waals surface area contributed by atoms with Crippen LogP contribution in [-0.2, 0) is 0 Å². The minimum Gasteiger partial charge on any atom is -0.387 e. The Morgan fingerprint density at radius 3 is 2.55 bits per heavy atom. The molecule has 4 heteroatoms. The highest BCUT2D eigenvalue weighted by Crippen LogP contribution is 2.24. The average Bonchev–Trinajstić information content (AvgIpc) is 3.05. The van der Waals surface area contributed by atoms with Gasteiger partial charge in [0.05, 0.1) is 5.84 Å². The summed E-state index contributed by atoms with van der Waals surface area (Å²) in [7, 11) is 0. The zero-order valence-corrected chi connectivity index (χ0v) is 13.3. The van der Waals surface area contributed by atoms with Crippen LogP contribution in [0.4, 0.5) is 0 Å². The maximum absolute atomic E-state index is 7.58. The molecule has 1 unspecified atom stereocenters. The Morgan fingerprint density at radius 2 is 1.90 bits per heavy atom. The number of rotatable bonds is 7. The van der Waals surface area contributed by atoms with Gasteiger partial charge < -0.3 is 10.6 Å². The lowest BCUT2D eigenvalue weighted by Crippen LogP contribution is -2.35. The number of nitrogens with two attached hydrogens (primary N) is 1. The van der Waals surface area contributed by atoms with Crippen LogP contribution in [0, 0.1) is 10.8 Å². The molecule has 2 fully saturated rings. The third-order valence-electron chi connectivity index (χ3n) is 5.16. The molecule has 0 spiro atoms. The zero-order chi connectivity index (χ0) is 14.6. The van der Waals surface area contributed by atoms with E-state index in [4.69, 9.17) is 11.1 Å². The number of hydrogen-bond acceptors (Lipinski definition) is 3. The van der Waals surface area contributed by atoms with Crippen LogP contribution in [0.15, 0.2) is 0 Å². The molecule has 116 valence electrons. The van der Waals surface area contributed by atoms with Crippen LogP contribution in [0.2, 0.25) is 0 Å². The monoisotopic (exact) mass is 280 g/mol. The molecule has 0 aliphatic carbocycles. The minimum absolute atomic E-state index is 0.122. The summed E-state index contributed by atoms with van der Waals surface area (Å²) in [5.74, 6) is 0.327. The summed E-state index contributed by atoms with van der Waals surface area (Å²) in [5, 5.41) is 7.58. The molecule has 4 nitrogen and oxygen atoms in total. The van der Waals surface area contributed by atoms with Crippen LogP contribution in [-0.4, -0.2) is 54.4 Å². The maximum Gasteiger partial charge on any atom is 0.0963 e. The summed E-state index contributed by atoms with van der Waals surface area (Å²) in [4.78, 5) is 5.32. The highest BCUT2D eigenvalue weighted by atomic mass is 15.3. The standard InChI is InChI=1S/C16H32N4/c1-16(2,15(17)18)8-3-4-9-19-12-7-14(13-19)20-10-5-6-11-20/h14H,3-13H2,1-2H3,(H3,17,18). The van der Waals surface area contributed by atoms with Crippen molar-refractivity contribution in [2.45, 2.75) is 58.4 Å². The van der Waals surface area contributed by atoms with Gasteiger partial charge in [-0.05, 0) is 58.3 Å². The van der Waals surface area contributed by atoms with Gasteiger partial charge >= 0.3 is 0 Å². The first kappa shape index (κ1) is 15.8. The van der Waals surface area contributed by atoms with E-state index in [9.17, 15) is 0 Å². The first-order valence-electron chi connectivity index (χ1n) is 8.30. The average molecular weight is 280 g/mol. The van der Waals surface area contributed by atoms with E-state index in [0.29, 0.717) is 5.84 Å². The molecule has 0 aromatic rings. The lowest BCUT2D eigenvalue weighted by atomic mass is 9.86. The normalized spacial score (nSPS) is 25.4. The van der Waals surface area contributed by atoms with Crippen molar-refractivity contribution in [3.05, 3.63) is 0 Å². The summed E-state index contributed by atoms with van der Waals surface area (Å²) < 4.78 is 0. The topological polar surface area (TPSA) is 56.4 Å². The van der Waals surface area contributed by atoms with Gasteiger partial charge in [0.2, 0.25) is 0 Å². The van der Waals surface area contributed by atoms with Crippen molar-refractivity contribution in [1.82, 2.24) is 9.80 Å². The second-order valence-corrected chi connectivity index (χ2v) is 7.24. The Bertz CT molecular complexity index is 320. The fraction of sp³-hybridized carbons (Fsp3) is 0.938. The van der Waals surface area contributed by atoms with E-state index in [1.807, 2.05) is 0 Å². The maximum atomic E-state index is 7.58. The summed E-state index contributed by atoms with van der Waals surface area (Å²) in [5.41, 5.74) is 5.51. The van der Waals surface area contributed by atoms with Gasteiger partial charge in [-0.2, -0.15) is 0 Å². The molecule has 0 saturated carbocycles. The van der Waals surface area contributed by atoms with Gasteiger partial charge in [-0.25, -0.2) is 0 Å². The molecule has 20 heavy (non-hydrogen) atoms. The number of hydrogen-bond donors (Lipinski definition) is 2. The number of unbranched alkanes of at least 4 members (excludes halogenated alkanes) is 1. The Hall–Kier alpha value is -0.610. The Morgan fingerprint density at radius 1 is 1.20 bits per heavy atom. The summed E-state index contributed by atoms with van der Waals surface area (Å²) in [6.45, 7) is 10.6. The van der Waals surface area contributed by atoms with Crippen LogP contribution in [0.1, 0.15) is 52.4 Å². The van der Waals surface area contributed by atoms with Crippen LogP contribution < -0.4 is 5.73 Å². The predicted molar refractivity (Wildman–Crippen MR) is 85.2 cm³/mol. The third kappa shape index (κ3) is 4.19. The molecule has 0 amide bonds. The Labute approximate surface area is 124 Å². The fourth-order valence-electron chi connectivity index (χ4n) is 3.46. The lowest BCUT2D eigenvalue weighted by Gasteiger charge is -2.25. The highest BCUT2D eigenvalue weighted by molar-refractivity contribution is 5.82. The molecule has 2 aliphatic rings. The molecule has 3 N–H and O–H groups in total. The summed E-state index contributed by atoms with van der Waals surface area (Å²) in [6, 6.07) is 0.825. The molecule has 2 aliphatic heterocycles. The summed E-state index contributed by atoms with van der Waals surface area (Å²) in [6.07, 6.45) is 7.61. The van der Waals surface area contributed by atoms with Crippen LogP contribution in [0.25, 0.3) is 0 Å². The molecular formula is C16H32N4. The van der Waals surface area contributed by atoms with E-state index >= 15 is 0 Å². The fourth-order valence-corrected chi connectivity index (χ4v) is 3.46. The van der Waals surface area contributed by atoms with Gasteiger partial charge in [-0.15, -0.1) is 0 Å². The number of likely N-dealkylation sites (tertiary alicyclic amines) is 2. The van der Waals surface area contributed by atoms with Crippen molar-refractivity contribution in [1.29, 1.82) is 5.41 Å². The SMILES string of the molecule is CC(C)(CCCCN1CCC(N2CCCC2)C1)C(=N)N. The molecule has 2 rings (SSSR count). The number of nitrogens with zero attached hydrogens (tertiary/aromatic N) is 2. The van der Waals surface area contributed by atoms with Crippen LogP contribution >= 0.6 is 0 Å². The van der Waals surface area contributed by atoms with Gasteiger partial charge in [0, 0.05) is 18.0 Å². The predicted octanol–water partition coefficient (Wildman–Crippen LogP) is 2.29. The second kappa shape index (κ2) is 6.90.